The maximum absolute atomic E-state index is 13.6. The zero-order valence-corrected chi connectivity index (χ0v) is 24.5. The Morgan fingerprint density at radius 1 is 1.18 bits per heavy atom. The normalized spacial score (nSPS) is 18.5. The Balaban J connectivity index is 1.74. The van der Waals surface area contributed by atoms with Crippen LogP contribution in [0.4, 0.5) is 4.79 Å². The molecule has 1 fully saturated rings. The summed E-state index contributed by atoms with van der Waals surface area (Å²) in [5, 5.41) is 25.9. The monoisotopic (exact) mass is 560 g/mol. The Kier molecular flexibility index (Phi) is 9.40. The zero-order chi connectivity index (χ0) is 29.1. The van der Waals surface area contributed by atoms with Crippen LogP contribution in [0.5, 0.6) is 0 Å². The highest BCUT2D eigenvalue weighted by molar-refractivity contribution is 7.13. The summed E-state index contributed by atoms with van der Waals surface area (Å²) in [5.74, 6) is -0.888. The summed E-state index contributed by atoms with van der Waals surface area (Å²) in [4.78, 5) is 46.0. The second kappa shape index (κ2) is 12.0. The van der Waals surface area contributed by atoms with Gasteiger partial charge in [0.05, 0.1) is 28.8 Å². The van der Waals surface area contributed by atoms with Crippen LogP contribution < -0.4 is 10.6 Å². The minimum absolute atomic E-state index is 0.0235. The predicted octanol–water partition coefficient (Wildman–Crippen LogP) is 3.13. The minimum atomic E-state index is -0.975. The quantitative estimate of drug-likeness (QED) is 0.408. The maximum Gasteiger partial charge on any atom is 0.408 e. The molecule has 11 heteroatoms. The Morgan fingerprint density at radius 3 is 2.44 bits per heavy atom. The van der Waals surface area contributed by atoms with E-state index in [0.717, 1.165) is 21.7 Å². The van der Waals surface area contributed by atoms with E-state index in [9.17, 15) is 24.6 Å². The lowest BCUT2D eigenvalue weighted by Gasteiger charge is -2.35. The van der Waals surface area contributed by atoms with Crippen molar-refractivity contribution in [2.24, 2.45) is 5.41 Å². The molecule has 0 radical (unpaired) electrons. The number of amides is 3. The van der Waals surface area contributed by atoms with Gasteiger partial charge in [-0.25, -0.2) is 9.78 Å². The van der Waals surface area contributed by atoms with Crippen molar-refractivity contribution in [3.63, 3.8) is 0 Å². The third-order valence-electron chi connectivity index (χ3n) is 6.48. The van der Waals surface area contributed by atoms with Gasteiger partial charge in [0.15, 0.2) is 0 Å². The molecule has 3 atom stereocenters. The first-order valence-corrected chi connectivity index (χ1v) is 13.9. The molecule has 10 nitrogen and oxygen atoms in total. The number of aryl methyl sites for hydroxylation is 1. The molecule has 0 aliphatic carbocycles. The fourth-order valence-electron chi connectivity index (χ4n) is 4.51. The molecule has 0 spiro atoms. The van der Waals surface area contributed by atoms with Gasteiger partial charge in [0.25, 0.3) is 0 Å². The number of β-amino-alcohol motifs (C(OH)–C–C–N with tert-alkyl or cyclic N) is 1. The molecule has 214 valence electrons. The topological polar surface area (TPSA) is 141 Å². The predicted molar refractivity (Wildman–Crippen MR) is 149 cm³/mol. The Hall–Kier alpha value is -3.02. The van der Waals surface area contributed by atoms with Crippen molar-refractivity contribution in [3.05, 3.63) is 40.5 Å². The van der Waals surface area contributed by atoms with Crippen molar-refractivity contribution in [2.75, 3.05) is 6.54 Å². The molecule has 3 amide bonds. The summed E-state index contributed by atoms with van der Waals surface area (Å²) in [6, 6.07) is 3.78. The summed E-state index contributed by atoms with van der Waals surface area (Å²) in [6.45, 7) is 12.5. The fraction of sp³-hybridized carbons (Fsp3) is 0.571. The smallest absolute Gasteiger partial charge is 0.408 e. The summed E-state index contributed by atoms with van der Waals surface area (Å²) in [7, 11) is 0. The maximum atomic E-state index is 13.6. The van der Waals surface area contributed by atoms with E-state index in [0.29, 0.717) is 5.56 Å². The lowest BCUT2D eigenvalue weighted by atomic mass is 9.85. The fourth-order valence-corrected chi connectivity index (χ4v) is 5.31. The van der Waals surface area contributed by atoms with Crippen molar-refractivity contribution in [1.29, 1.82) is 0 Å². The standard InChI is InChI=1S/C28H40N4O6S/c1-16-22(39-15-30-16)17-8-9-18(19(10-17)14-33)12-29-24(35)21-11-20(34)13-32(21)25(36)23(27(2,3)4)31-26(37)38-28(5,6)7/h8-10,15,20-21,23,33-34H,11-14H2,1-7H3,(H,29,35)(H,31,37)/t20-,21+,23-/m1/s1. The van der Waals surface area contributed by atoms with Crippen LogP contribution in [0.25, 0.3) is 10.4 Å². The van der Waals surface area contributed by atoms with Gasteiger partial charge in [-0.05, 0) is 55.9 Å². The summed E-state index contributed by atoms with van der Waals surface area (Å²) < 4.78 is 5.35. The van der Waals surface area contributed by atoms with Gasteiger partial charge in [-0.2, -0.15) is 0 Å². The second-order valence-electron chi connectivity index (χ2n) is 12.0. The van der Waals surface area contributed by atoms with Gasteiger partial charge < -0.3 is 30.5 Å². The Morgan fingerprint density at radius 2 is 1.87 bits per heavy atom. The number of aromatic nitrogens is 1. The summed E-state index contributed by atoms with van der Waals surface area (Å²) >= 11 is 1.52. The van der Waals surface area contributed by atoms with Crippen LogP contribution in [0.1, 0.15) is 64.8 Å². The van der Waals surface area contributed by atoms with Crippen molar-refractivity contribution >= 4 is 29.2 Å². The molecule has 0 bridgehead atoms. The first-order chi connectivity index (χ1) is 18.1. The number of hydrogen-bond donors (Lipinski definition) is 4. The third kappa shape index (κ3) is 7.77. The number of hydrogen-bond acceptors (Lipinski definition) is 8. The van der Waals surface area contributed by atoms with E-state index in [1.165, 1.54) is 16.2 Å². The second-order valence-corrected chi connectivity index (χ2v) is 12.8. The van der Waals surface area contributed by atoms with Crippen LogP contribution in [-0.2, 0) is 27.5 Å². The molecule has 2 aromatic rings. The first kappa shape index (κ1) is 30.5. The van der Waals surface area contributed by atoms with E-state index < -0.39 is 47.1 Å². The third-order valence-corrected chi connectivity index (χ3v) is 7.45. The minimum Gasteiger partial charge on any atom is -0.444 e. The number of ether oxygens (including phenoxy) is 1. The number of nitrogens with one attached hydrogen (secondary N) is 2. The van der Waals surface area contributed by atoms with Gasteiger partial charge in [0.2, 0.25) is 11.8 Å². The van der Waals surface area contributed by atoms with E-state index >= 15 is 0 Å². The molecule has 39 heavy (non-hydrogen) atoms. The van der Waals surface area contributed by atoms with Crippen LogP contribution in [-0.4, -0.2) is 68.3 Å². The Bertz CT molecular complexity index is 1200. The average molecular weight is 561 g/mol. The van der Waals surface area contributed by atoms with Crippen LogP contribution in [0.3, 0.4) is 0 Å². The van der Waals surface area contributed by atoms with Crippen LogP contribution >= 0.6 is 11.3 Å². The van der Waals surface area contributed by atoms with Crippen molar-refractivity contribution in [2.45, 2.75) is 91.8 Å². The van der Waals surface area contributed by atoms with Gasteiger partial charge in [-0.3, -0.25) is 9.59 Å². The number of nitrogens with zero attached hydrogens (tertiary/aromatic N) is 2. The molecule has 0 saturated carbocycles. The number of thiazole rings is 1. The number of alkyl carbamates (subject to hydrolysis) is 1. The number of carbonyl (C=O) groups excluding carboxylic acids is 3. The number of aliphatic hydroxyl groups is 2. The number of carbonyl (C=O) groups is 3. The first-order valence-electron chi connectivity index (χ1n) is 13.0. The number of likely N-dealkylation sites (tertiary alicyclic amines) is 1. The van der Waals surface area contributed by atoms with Crippen molar-refractivity contribution < 1.29 is 29.3 Å². The molecule has 0 unspecified atom stereocenters. The van der Waals surface area contributed by atoms with Crippen molar-refractivity contribution in [1.82, 2.24) is 20.5 Å². The number of benzene rings is 1. The lowest BCUT2D eigenvalue weighted by Crippen LogP contribution is -2.58. The SMILES string of the molecule is Cc1ncsc1-c1ccc(CNC(=O)[C@@H]2C[C@@H](O)CN2C(=O)[C@@H](NC(=O)OC(C)(C)C)C(C)(C)C)c(CO)c1. The highest BCUT2D eigenvalue weighted by Crippen LogP contribution is 2.30. The Labute approximate surface area is 233 Å². The molecular formula is C28H40N4O6S. The van der Waals surface area contributed by atoms with Gasteiger partial charge in [0.1, 0.15) is 17.7 Å². The lowest BCUT2D eigenvalue weighted by molar-refractivity contribution is -0.142. The van der Waals surface area contributed by atoms with Gasteiger partial charge in [-0.15, -0.1) is 11.3 Å². The summed E-state index contributed by atoms with van der Waals surface area (Å²) in [5.41, 5.74) is 3.61. The van der Waals surface area contributed by atoms with Crippen LogP contribution in [0, 0.1) is 12.3 Å². The van der Waals surface area contributed by atoms with E-state index in [2.05, 4.69) is 15.6 Å². The molecule has 4 N–H and O–H groups in total. The van der Waals surface area contributed by atoms with Crippen molar-refractivity contribution in [3.8, 4) is 10.4 Å². The molecule has 1 aromatic heterocycles. The van der Waals surface area contributed by atoms with E-state index in [-0.39, 0.29) is 26.1 Å². The highest BCUT2D eigenvalue weighted by atomic mass is 32.1. The van der Waals surface area contributed by atoms with E-state index in [1.54, 1.807) is 26.3 Å². The van der Waals surface area contributed by atoms with Crippen LogP contribution in [0.15, 0.2) is 23.7 Å². The van der Waals surface area contributed by atoms with E-state index in [1.807, 2.05) is 45.9 Å². The summed E-state index contributed by atoms with van der Waals surface area (Å²) in [6.07, 6.45) is -1.52. The van der Waals surface area contributed by atoms with Gasteiger partial charge in [-0.1, -0.05) is 32.9 Å². The highest BCUT2D eigenvalue weighted by Gasteiger charge is 2.44. The van der Waals surface area contributed by atoms with E-state index in [4.69, 9.17) is 4.74 Å². The molecule has 1 aromatic carbocycles. The molecule has 1 saturated heterocycles. The van der Waals surface area contributed by atoms with Gasteiger partial charge >= 0.3 is 6.09 Å². The molecule has 1 aliphatic rings. The average Bonchev–Trinajstić information content (AvgIpc) is 3.44. The largest absolute Gasteiger partial charge is 0.444 e. The zero-order valence-electron chi connectivity index (χ0n) is 23.7. The number of aliphatic hydroxyl groups excluding tert-OH is 2. The molecular weight excluding hydrogens is 520 g/mol. The number of rotatable bonds is 7. The van der Waals surface area contributed by atoms with Gasteiger partial charge in [0, 0.05) is 19.5 Å². The van der Waals surface area contributed by atoms with Crippen LogP contribution in [0.2, 0.25) is 0 Å². The molecule has 3 rings (SSSR count). The molecule has 1 aliphatic heterocycles. The molecule has 2 heterocycles.